The molecule has 126 valence electrons. The number of nitrogens with zero attached hydrogens (tertiary/aromatic N) is 1. The van der Waals surface area contributed by atoms with Gasteiger partial charge >= 0.3 is 5.97 Å². The van der Waals surface area contributed by atoms with Crippen LogP contribution in [0.4, 0.5) is 5.00 Å². The largest absolute Gasteiger partial charge is 0.462 e. The SMILES string of the molecule is CCOC(=O)c1sc(N)c(C#N)c1C[NH2+][C@@H](C)c1cccc(Cl)c1. The number of nitriles is 1. The van der Waals surface area contributed by atoms with Gasteiger partial charge in [-0.15, -0.1) is 11.3 Å². The Morgan fingerprint density at radius 1 is 1.54 bits per heavy atom. The zero-order valence-corrected chi connectivity index (χ0v) is 15.1. The number of nitrogens with two attached hydrogens (primary N) is 2. The van der Waals surface area contributed by atoms with Crippen molar-refractivity contribution in [1.82, 2.24) is 0 Å². The number of rotatable bonds is 6. The molecular weight excluding hydrogens is 346 g/mol. The fraction of sp³-hybridized carbons (Fsp3) is 0.294. The molecule has 0 unspecified atom stereocenters. The molecular formula is C17H19ClN3O2S+. The van der Waals surface area contributed by atoms with Gasteiger partial charge in [-0.25, -0.2) is 4.79 Å². The minimum atomic E-state index is -0.436. The Morgan fingerprint density at radius 2 is 2.29 bits per heavy atom. The second-order valence-corrected chi connectivity index (χ2v) is 6.75. The van der Waals surface area contributed by atoms with Gasteiger partial charge in [-0.2, -0.15) is 5.26 Å². The highest BCUT2D eigenvalue weighted by molar-refractivity contribution is 7.18. The molecule has 0 aliphatic heterocycles. The number of esters is 1. The third-order valence-electron chi connectivity index (χ3n) is 3.66. The maximum absolute atomic E-state index is 12.1. The van der Waals surface area contributed by atoms with Crippen LogP contribution < -0.4 is 11.1 Å². The first-order chi connectivity index (χ1) is 11.5. The Morgan fingerprint density at radius 3 is 2.92 bits per heavy atom. The number of ether oxygens (including phenoxy) is 1. The molecule has 7 heteroatoms. The van der Waals surface area contributed by atoms with Crippen molar-refractivity contribution in [3.8, 4) is 6.07 Å². The second-order valence-electron chi connectivity index (χ2n) is 5.26. The summed E-state index contributed by atoms with van der Waals surface area (Å²) >= 11 is 7.13. The molecule has 4 N–H and O–H groups in total. The Balaban J connectivity index is 2.22. The van der Waals surface area contributed by atoms with Crippen LogP contribution in [-0.2, 0) is 11.3 Å². The molecule has 0 radical (unpaired) electrons. The summed E-state index contributed by atoms with van der Waals surface area (Å²) in [5.74, 6) is -0.436. The summed E-state index contributed by atoms with van der Waals surface area (Å²) in [7, 11) is 0. The highest BCUT2D eigenvalue weighted by atomic mass is 35.5. The van der Waals surface area contributed by atoms with Gasteiger partial charge in [-0.3, -0.25) is 0 Å². The lowest BCUT2D eigenvalue weighted by molar-refractivity contribution is -0.707. The second kappa shape index (κ2) is 8.15. The van der Waals surface area contributed by atoms with Crippen LogP contribution in [0.5, 0.6) is 0 Å². The average molecular weight is 365 g/mol. The van der Waals surface area contributed by atoms with E-state index in [1.807, 2.05) is 36.5 Å². The third-order valence-corrected chi connectivity index (χ3v) is 4.93. The number of benzene rings is 1. The van der Waals surface area contributed by atoms with E-state index in [9.17, 15) is 10.1 Å². The number of quaternary nitrogens is 1. The van der Waals surface area contributed by atoms with E-state index in [-0.39, 0.29) is 12.6 Å². The number of carbonyl (C=O) groups is 1. The number of halogens is 1. The summed E-state index contributed by atoms with van der Waals surface area (Å²) in [6, 6.07) is 9.83. The zero-order valence-electron chi connectivity index (χ0n) is 13.5. The number of thiophene rings is 1. The first-order valence-electron chi connectivity index (χ1n) is 7.55. The fourth-order valence-electron chi connectivity index (χ4n) is 2.38. The summed E-state index contributed by atoms with van der Waals surface area (Å²) < 4.78 is 5.06. The number of hydrogen-bond acceptors (Lipinski definition) is 5. The Bertz CT molecular complexity index is 783. The highest BCUT2D eigenvalue weighted by Gasteiger charge is 2.24. The smallest absolute Gasteiger partial charge is 0.348 e. The van der Waals surface area contributed by atoms with E-state index in [0.717, 1.165) is 16.9 Å². The molecule has 24 heavy (non-hydrogen) atoms. The molecule has 1 atom stereocenters. The van der Waals surface area contributed by atoms with E-state index in [0.29, 0.717) is 32.6 Å². The zero-order chi connectivity index (χ0) is 17.7. The fourth-order valence-corrected chi connectivity index (χ4v) is 3.52. The van der Waals surface area contributed by atoms with Crippen LogP contribution in [-0.4, -0.2) is 12.6 Å². The summed E-state index contributed by atoms with van der Waals surface area (Å²) in [6.45, 7) is 4.52. The van der Waals surface area contributed by atoms with Crippen LogP contribution in [0.2, 0.25) is 5.02 Å². The first-order valence-corrected chi connectivity index (χ1v) is 8.74. The maximum atomic E-state index is 12.1. The predicted molar refractivity (Wildman–Crippen MR) is 94.9 cm³/mol. The van der Waals surface area contributed by atoms with Crippen LogP contribution in [0.25, 0.3) is 0 Å². The molecule has 0 aliphatic carbocycles. The van der Waals surface area contributed by atoms with Gasteiger partial charge in [0.25, 0.3) is 0 Å². The van der Waals surface area contributed by atoms with Gasteiger partial charge in [0.1, 0.15) is 28.5 Å². The van der Waals surface area contributed by atoms with Crippen molar-refractivity contribution in [2.24, 2.45) is 0 Å². The molecule has 2 aromatic rings. The van der Waals surface area contributed by atoms with Gasteiger partial charge in [0.15, 0.2) is 0 Å². The number of hydrogen-bond donors (Lipinski definition) is 2. The van der Waals surface area contributed by atoms with Crippen molar-refractivity contribution >= 4 is 33.9 Å². The molecule has 0 saturated carbocycles. The van der Waals surface area contributed by atoms with Gasteiger partial charge in [0, 0.05) is 10.6 Å². The maximum Gasteiger partial charge on any atom is 0.348 e. The quantitative estimate of drug-likeness (QED) is 0.771. The summed E-state index contributed by atoms with van der Waals surface area (Å²) in [6.07, 6.45) is 0. The Labute approximate surface area is 150 Å². The normalized spacial score (nSPS) is 11.8. The average Bonchev–Trinajstić information content (AvgIpc) is 2.88. The van der Waals surface area contributed by atoms with Crippen molar-refractivity contribution in [2.75, 3.05) is 12.3 Å². The van der Waals surface area contributed by atoms with Crippen molar-refractivity contribution in [3.63, 3.8) is 0 Å². The Kier molecular flexibility index (Phi) is 6.21. The lowest BCUT2D eigenvalue weighted by atomic mass is 10.1. The van der Waals surface area contributed by atoms with E-state index in [1.165, 1.54) is 0 Å². The van der Waals surface area contributed by atoms with Crippen molar-refractivity contribution in [1.29, 1.82) is 5.26 Å². The molecule has 0 fully saturated rings. The minimum Gasteiger partial charge on any atom is -0.462 e. The molecule has 1 aromatic heterocycles. The summed E-state index contributed by atoms with van der Waals surface area (Å²) in [5.41, 5.74) is 7.94. The van der Waals surface area contributed by atoms with Crippen molar-refractivity contribution in [3.05, 3.63) is 50.9 Å². The monoisotopic (exact) mass is 364 g/mol. The molecule has 2 rings (SSSR count). The molecule has 5 nitrogen and oxygen atoms in total. The standard InChI is InChI=1S/C17H18ClN3O2S/c1-3-23-17(22)15-14(13(8-19)16(20)24-15)9-21-10(2)11-5-4-6-12(18)7-11/h4-7,10,21H,3,9,20H2,1-2H3/p+1/t10-/m0/s1. The lowest BCUT2D eigenvalue weighted by Gasteiger charge is -2.12. The molecule has 0 aliphatic rings. The number of anilines is 1. The first kappa shape index (κ1) is 18.3. The van der Waals surface area contributed by atoms with Gasteiger partial charge < -0.3 is 15.8 Å². The number of carbonyl (C=O) groups excluding carboxylic acids is 1. The minimum absolute atomic E-state index is 0.117. The highest BCUT2D eigenvalue weighted by Crippen LogP contribution is 2.30. The summed E-state index contributed by atoms with van der Waals surface area (Å²) in [4.78, 5) is 12.5. The Hall–Kier alpha value is -2.07. The molecule has 1 aromatic carbocycles. The van der Waals surface area contributed by atoms with Crippen LogP contribution in [0.15, 0.2) is 24.3 Å². The van der Waals surface area contributed by atoms with Gasteiger partial charge in [-0.1, -0.05) is 23.7 Å². The van der Waals surface area contributed by atoms with E-state index in [1.54, 1.807) is 6.92 Å². The van der Waals surface area contributed by atoms with Crippen molar-refractivity contribution in [2.45, 2.75) is 26.4 Å². The molecule has 0 spiro atoms. The van der Waals surface area contributed by atoms with Crippen LogP contribution in [0.1, 0.15) is 46.3 Å². The molecule has 1 heterocycles. The van der Waals surface area contributed by atoms with E-state index < -0.39 is 5.97 Å². The summed E-state index contributed by atoms with van der Waals surface area (Å²) in [5, 5.41) is 12.4. The molecule has 0 amide bonds. The predicted octanol–water partition coefficient (Wildman–Crippen LogP) is 2.86. The van der Waals surface area contributed by atoms with Gasteiger partial charge in [-0.05, 0) is 26.0 Å². The van der Waals surface area contributed by atoms with Crippen LogP contribution >= 0.6 is 22.9 Å². The van der Waals surface area contributed by atoms with E-state index in [4.69, 9.17) is 22.1 Å². The third kappa shape index (κ3) is 4.06. The molecule has 0 bridgehead atoms. The lowest BCUT2D eigenvalue weighted by Crippen LogP contribution is -2.83. The van der Waals surface area contributed by atoms with Crippen LogP contribution in [0, 0.1) is 11.3 Å². The van der Waals surface area contributed by atoms with E-state index >= 15 is 0 Å². The van der Waals surface area contributed by atoms with Gasteiger partial charge in [0.2, 0.25) is 0 Å². The van der Waals surface area contributed by atoms with Gasteiger partial charge in [0.05, 0.1) is 17.7 Å². The van der Waals surface area contributed by atoms with Crippen molar-refractivity contribution < 1.29 is 14.8 Å². The molecule has 0 saturated heterocycles. The topological polar surface area (TPSA) is 92.7 Å². The number of nitrogen functional groups attached to an aromatic ring is 1. The van der Waals surface area contributed by atoms with Crippen LogP contribution in [0.3, 0.4) is 0 Å². The van der Waals surface area contributed by atoms with E-state index in [2.05, 4.69) is 6.07 Å².